The van der Waals surface area contributed by atoms with Crippen molar-refractivity contribution < 1.29 is 9.18 Å². The van der Waals surface area contributed by atoms with Crippen LogP contribution in [0, 0.1) is 24.1 Å². The predicted molar refractivity (Wildman–Crippen MR) is 108 cm³/mol. The van der Waals surface area contributed by atoms with Gasteiger partial charge >= 0.3 is 0 Å². The molecule has 0 aromatic heterocycles. The molecule has 0 spiro atoms. The second kappa shape index (κ2) is 9.23. The molecule has 1 saturated heterocycles. The zero-order chi connectivity index (χ0) is 19.2. The number of nitrogens with one attached hydrogen (secondary N) is 1. The van der Waals surface area contributed by atoms with Gasteiger partial charge in [-0.05, 0) is 57.0 Å². The van der Waals surface area contributed by atoms with Crippen LogP contribution in [-0.4, -0.2) is 43.5 Å². The highest BCUT2D eigenvalue weighted by atomic mass is 19.1. The van der Waals surface area contributed by atoms with Gasteiger partial charge in [0.15, 0.2) is 0 Å². The van der Waals surface area contributed by atoms with Crippen LogP contribution in [-0.2, 0) is 4.79 Å². The largest absolute Gasteiger partial charge is 0.369 e. The molecule has 1 saturated carbocycles. The van der Waals surface area contributed by atoms with Crippen molar-refractivity contribution in [2.24, 2.45) is 5.92 Å². The number of piperidine rings is 1. The molecule has 2 fully saturated rings. The molecule has 0 radical (unpaired) electrons. The minimum atomic E-state index is -0.273. The van der Waals surface area contributed by atoms with E-state index in [-0.39, 0.29) is 17.6 Å². The topological polar surface area (TPSA) is 35.6 Å². The molecule has 4 nitrogen and oxygen atoms in total. The molecular weight excluding hydrogens is 341 g/mol. The number of hydrogen-bond donors (Lipinski definition) is 1. The smallest absolute Gasteiger partial charge is 0.227 e. The Kier molecular flexibility index (Phi) is 6.73. The van der Waals surface area contributed by atoms with Gasteiger partial charge in [-0.1, -0.05) is 25.2 Å². The van der Waals surface area contributed by atoms with Crippen LogP contribution >= 0.6 is 0 Å². The molecule has 1 aliphatic heterocycles. The summed E-state index contributed by atoms with van der Waals surface area (Å²) in [7, 11) is 1.97. The van der Waals surface area contributed by atoms with Gasteiger partial charge < -0.3 is 10.2 Å². The third kappa shape index (κ3) is 5.01. The van der Waals surface area contributed by atoms with Crippen molar-refractivity contribution in [3.05, 3.63) is 24.0 Å². The second-order valence-electron chi connectivity index (χ2n) is 7.81. The molecular formula is C22H30FN3O. The molecule has 146 valence electrons. The van der Waals surface area contributed by atoms with Crippen LogP contribution in [0.25, 0.3) is 0 Å². The van der Waals surface area contributed by atoms with Gasteiger partial charge in [-0.25, -0.2) is 4.39 Å². The Labute approximate surface area is 162 Å². The van der Waals surface area contributed by atoms with Crippen LogP contribution in [0.2, 0.25) is 0 Å². The lowest BCUT2D eigenvalue weighted by atomic mass is 9.94. The summed E-state index contributed by atoms with van der Waals surface area (Å²) < 4.78 is 14.7. The summed E-state index contributed by atoms with van der Waals surface area (Å²) >= 11 is 0. The van der Waals surface area contributed by atoms with E-state index < -0.39 is 0 Å². The molecule has 1 N–H and O–H groups in total. The average molecular weight is 372 g/mol. The number of hydrogen-bond acceptors (Lipinski definition) is 3. The fourth-order valence-corrected chi connectivity index (χ4v) is 4.26. The first-order valence-corrected chi connectivity index (χ1v) is 10.1. The van der Waals surface area contributed by atoms with E-state index in [1.54, 1.807) is 6.07 Å². The van der Waals surface area contributed by atoms with E-state index in [0.29, 0.717) is 24.0 Å². The maximum absolute atomic E-state index is 14.7. The van der Waals surface area contributed by atoms with Crippen molar-refractivity contribution in [1.82, 2.24) is 4.90 Å². The number of halogens is 1. The first-order valence-electron chi connectivity index (χ1n) is 10.1. The van der Waals surface area contributed by atoms with E-state index in [9.17, 15) is 9.18 Å². The number of likely N-dealkylation sites (tertiary alicyclic amines) is 1. The first kappa shape index (κ1) is 19.7. The highest BCUT2D eigenvalue weighted by molar-refractivity contribution is 5.92. The Morgan fingerprint density at radius 1 is 1.26 bits per heavy atom. The van der Waals surface area contributed by atoms with Gasteiger partial charge in [0, 0.05) is 24.7 Å². The van der Waals surface area contributed by atoms with Gasteiger partial charge in [0.2, 0.25) is 5.91 Å². The third-order valence-electron chi connectivity index (χ3n) is 5.99. The lowest BCUT2D eigenvalue weighted by Gasteiger charge is -2.33. The average Bonchev–Trinajstić information content (AvgIpc) is 2.69. The molecule has 1 aromatic rings. The zero-order valence-electron chi connectivity index (χ0n) is 16.2. The van der Waals surface area contributed by atoms with Crippen molar-refractivity contribution in [1.29, 1.82) is 0 Å². The Morgan fingerprint density at radius 2 is 1.96 bits per heavy atom. The SMILES string of the molecule is C#CCN1CCC(C(=O)Nc2ccc(N(C)C3CCCCC3)c(F)c2)CC1. The summed E-state index contributed by atoms with van der Waals surface area (Å²) in [5.41, 5.74) is 1.15. The van der Waals surface area contributed by atoms with Gasteiger partial charge in [0.05, 0.1) is 12.2 Å². The molecule has 2 aliphatic rings. The Morgan fingerprint density at radius 3 is 2.59 bits per heavy atom. The second-order valence-corrected chi connectivity index (χ2v) is 7.81. The molecule has 27 heavy (non-hydrogen) atoms. The predicted octanol–water partition coefficient (Wildman–Crippen LogP) is 3.88. The molecule has 1 aromatic carbocycles. The van der Waals surface area contributed by atoms with E-state index in [4.69, 9.17) is 6.42 Å². The molecule has 5 heteroatoms. The summed E-state index contributed by atoms with van der Waals surface area (Å²) in [6, 6.07) is 5.44. The van der Waals surface area contributed by atoms with Crippen LogP contribution < -0.4 is 10.2 Å². The maximum atomic E-state index is 14.7. The number of benzene rings is 1. The minimum absolute atomic E-state index is 0.0249. The number of nitrogens with zero attached hydrogens (tertiary/aromatic N) is 2. The van der Waals surface area contributed by atoms with Crippen molar-refractivity contribution >= 4 is 17.3 Å². The molecule has 1 aliphatic carbocycles. The van der Waals surface area contributed by atoms with E-state index in [2.05, 4.69) is 21.0 Å². The van der Waals surface area contributed by atoms with Gasteiger partial charge in [0.25, 0.3) is 0 Å². The maximum Gasteiger partial charge on any atom is 0.227 e. The third-order valence-corrected chi connectivity index (χ3v) is 5.99. The van der Waals surface area contributed by atoms with Gasteiger partial charge in [-0.15, -0.1) is 6.42 Å². The van der Waals surface area contributed by atoms with E-state index >= 15 is 0 Å². The van der Waals surface area contributed by atoms with Gasteiger partial charge in [-0.2, -0.15) is 0 Å². The normalized spacial score (nSPS) is 19.4. The minimum Gasteiger partial charge on any atom is -0.369 e. The lowest BCUT2D eigenvalue weighted by molar-refractivity contribution is -0.121. The Hall–Kier alpha value is -2.06. The number of carbonyl (C=O) groups excluding carboxylic acids is 1. The molecule has 1 amide bonds. The molecule has 0 atom stereocenters. The van der Waals surface area contributed by atoms with Crippen LogP contribution in [0.3, 0.4) is 0 Å². The fraction of sp³-hybridized carbons (Fsp3) is 0.591. The number of anilines is 2. The summed E-state index contributed by atoms with van der Waals surface area (Å²) in [5, 5.41) is 2.89. The molecule has 0 bridgehead atoms. The van der Waals surface area contributed by atoms with E-state index in [1.165, 1.54) is 25.3 Å². The van der Waals surface area contributed by atoms with Crippen LogP contribution in [0.5, 0.6) is 0 Å². The summed E-state index contributed by atoms with van der Waals surface area (Å²) in [6.45, 7) is 2.30. The van der Waals surface area contributed by atoms with Crippen LogP contribution in [0.1, 0.15) is 44.9 Å². The lowest BCUT2D eigenvalue weighted by Crippen LogP contribution is -2.38. The summed E-state index contributed by atoms with van der Waals surface area (Å²) in [4.78, 5) is 16.7. The molecule has 0 unspecified atom stereocenters. The highest BCUT2D eigenvalue weighted by Crippen LogP contribution is 2.29. The summed E-state index contributed by atoms with van der Waals surface area (Å²) in [6.07, 6.45) is 12.9. The quantitative estimate of drug-likeness (QED) is 0.798. The summed E-state index contributed by atoms with van der Waals surface area (Å²) in [5.74, 6) is 2.31. The standard InChI is InChI=1S/C22H30FN3O/c1-3-13-26-14-11-17(12-15-26)22(27)24-18-9-10-21(20(23)16-18)25(2)19-7-5-4-6-8-19/h1,9-10,16-17,19H,4-8,11-15H2,2H3,(H,24,27). The highest BCUT2D eigenvalue weighted by Gasteiger charge is 2.25. The first-order chi connectivity index (χ1) is 13.1. The number of rotatable bonds is 5. The van der Waals surface area contributed by atoms with Crippen molar-refractivity contribution in [3.8, 4) is 12.3 Å². The van der Waals surface area contributed by atoms with E-state index in [0.717, 1.165) is 38.8 Å². The van der Waals surface area contributed by atoms with Crippen LogP contribution in [0.4, 0.5) is 15.8 Å². The van der Waals surface area contributed by atoms with Crippen molar-refractivity contribution in [2.75, 3.05) is 36.9 Å². The number of carbonyl (C=O) groups is 1. The van der Waals surface area contributed by atoms with Crippen LogP contribution in [0.15, 0.2) is 18.2 Å². The number of terminal acetylenes is 1. The van der Waals surface area contributed by atoms with E-state index in [1.807, 2.05) is 13.1 Å². The Balaban J connectivity index is 1.57. The van der Waals surface area contributed by atoms with Crippen molar-refractivity contribution in [2.45, 2.75) is 51.0 Å². The molecule has 1 heterocycles. The zero-order valence-corrected chi connectivity index (χ0v) is 16.2. The monoisotopic (exact) mass is 371 g/mol. The fourth-order valence-electron chi connectivity index (χ4n) is 4.26. The number of amides is 1. The van der Waals surface area contributed by atoms with Crippen molar-refractivity contribution in [3.63, 3.8) is 0 Å². The van der Waals surface area contributed by atoms with Gasteiger partial charge in [-0.3, -0.25) is 9.69 Å². The Bertz CT molecular complexity index is 685. The molecule has 3 rings (SSSR count). The van der Waals surface area contributed by atoms with Gasteiger partial charge in [0.1, 0.15) is 5.82 Å².